The zero-order valence-electron chi connectivity index (χ0n) is 9.85. The van der Waals surface area contributed by atoms with Crippen LogP contribution in [0.2, 0.25) is 6.82 Å². The molecule has 0 fully saturated rings. The molecule has 0 heterocycles. The molecule has 0 aliphatic rings. The van der Waals surface area contributed by atoms with Gasteiger partial charge in [0.2, 0.25) is 0 Å². The Hall–Kier alpha value is -0.651. The van der Waals surface area contributed by atoms with Crippen molar-refractivity contribution < 1.29 is 32.7 Å². The van der Waals surface area contributed by atoms with E-state index in [1.807, 2.05) is 0 Å². The van der Waals surface area contributed by atoms with Gasteiger partial charge in [0.25, 0.3) is 0 Å². The summed E-state index contributed by atoms with van der Waals surface area (Å²) >= 11 is 0. The van der Waals surface area contributed by atoms with E-state index in [-0.39, 0.29) is 32.7 Å². The first-order valence-electron chi connectivity index (χ1n) is 5.60. The number of hydrogen-bond acceptors (Lipinski definition) is 0. The van der Waals surface area contributed by atoms with E-state index >= 15 is 0 Å². The standard InChI is InChI=1S/C15H12B.Y/c1-16-15-13-8-4-2-6-11(13)10-12-7-3-5-9-14(12)15;/h2-10H,1H3;. The van der Waals surface area contributed by atoms with Crippen molar-refractivity contribution in [1.82, 2.24) is 0 Å². The zero-order valence-corrected chi connectivity index (χ0v) is 12.7. The van der Waals surface area contributed by atoms with E-state index in [1.54, 1.807) is 0 Å². The van der Waals surface area contributed by atoms with Gasteiger partial charge in [-0.05, 0) is 27.6 Å². The molecule has 0 aliphatic carbocycles. The van der Waals surface area contributed by atoms with Gasteiger partial charge in [0.1, 0.15) is 7.28 Å². The Labute approximate surface area is 128 Å². The Morgan fingerprint density at radius 3 is 1.71 bits per heavy atom. The van der Waals surface area contributed by atoms with E-state index in [0.717, 1.165) is 0 Å². The summed E-state index contributed by atoms with van der Waals surface area (Å²) in [6, 6.07) is 19.4. The number of fused-ring (bicyclic) bond motifs is 2. The quantitative estimate of drug-likeness (QED) is 0.476. The van der Waals surface area contributed by atoms with Crippen LogP contribution in [0.4, 0.5) is 0 Å². The third-order valence-electron chi connectivity index (χ3n) is 3.10. The van der Waals surface area contributed by atoms with Crippen LogP contribution in [0, 0.1) is 0 Å². The Morgan fingerprint density at radius 2 is 1.24 bits per heavy atom. The van der Waals surface area contributed by atoms with Gasteiger partial charge in [-0.15, -0.1) is 0 Å². The average molecular weight is 292 g/mol. The fourth-order valence-corrected chi connectivity index (χ4v) is 2.36. The second-order valence-corrected chi connectivity index (χ2v) is 4.02. The van der Waals surface area contributed by atoms with Crippen molar-refractivity contribution in [2.75, 3.05) is 0 Å². The van der Waals surface area contributed by atoms with Crippen molar-refractivity contribution in [3.05, 3.63) is 54.6 Å². The second-order valence-electron chi connectivity index (χ2n) is 4.02. The van der Waals surface area contributed by atoms with E-state index < -0.39 is 0 Å². The predicted octanol–water partition coefficient (Wildman–Crippen LogP) is 3.37. The van der Waals surface area contributed by atoms with Crippen LogP contribution in [-0.2, 0) is 32.7 Å². The number of hydrogen-bond donors (Lipinski definition) is 0. The molecule has 17 heavy (non-hydrogen) atoms. The normalized spacial score (nSPS) is 10.2. The summed E-state index contributed by atoms with van der Waals surface area (Å²) in [6.07, 6.45) is 0. The fraction of sp³-hybridized carbons (Fsp3) is 0.0667. The van der Waals surface area contributed by atoms with E-state index in [4.69, 9.17) is 0 Å². The molecule has 0 saturated heterocycles. The molecule has 2 radical (unpaired) electrons. The molecular formula is C15H12BY. The largest absolute Gasteiger partial charge is 0.149 e. The van der Waals surface area contributed by atoms with Gasteiger partial charge < -0.3 is 0 Å². The first kappa shape index (κ1) is 12.8. The summed E-state index contributed by atoms with van der Waals surface area (Å²) in [6.45, 7) is 2.11. The van der Waals surface area contributed by atoms with Crippen LogP contribution in [0.5, 0.6) is 0 Å². The molecule has 0 N–H and O–H groups in total. The molecule has 0 aliphatic heterocycles. The van der Waals surface area contributed by atoms with Crippen LogP contribution >= 0.6 is 0 Å². The van der Waals surface area contributed by atoms with Crippen molar-refractivity contribution in [2.24, 2.45) is 0 Å². The Bertz CT molecular complexity index is 607. The molecule has 0 saturated carbocycles. The summed E-state index contributed by atoms with van der Waals surface area (Å²) in [7, 11) is 2.20. The molecular weight excluding hydrogens is 280 g/mol. The maximum atomic E-state index is 2.26. The molecule has 0 nitrogen and oxygen atoms in total. The predicted molar refractivity (Wildman–Crippen MR) is 72.7 cm³/mol. The van der Waals surface area contributed by atoms with E-state index in [0.29, 0.717) is 0 Å². The minimum absolute atomic E-state index is 0. The monoisotopic (exact) mass is 292 g/mol. The summed E-state index contributed by atoms with van der Waals surface area (Å²) in [5.41, 5.74) is 1.34. The molecule has 78 valence electrons. The van der Waals surface area contributed by atoms with Crippen LogP contribution in [0.1, 0.15) is 0 Å². The van der Waals surface area contributed by atoms with Crippen molar-refractivity contribution in [1.29, 1.82) is 0 Å². The minimum atomic E-state index is 0. The molecule has 0 bridgehead atoms. The molecule has 3 rings (SSSR count). The molecule has 3 aromatic carbocycles. The van der Waals surface area contributed by atoms with Crippen molar-refractivity contribution >= 4 is 34.3 Å². The Balaban J connectivity index is 0.00000108. The fourth-order valence-electron chi connectivity index (χ4n) is 2.36. The van der Waals surface area contributed by atoms with Gasteiger partial charge in [0.15, 0.2) is 0 Å². The zero-order chi connectivity index (χ0) is 11.0. The number of benzene rings is 3. The van der Waals surface area contributed by atoms with Gasteiger partial charge >= 0.3 is 0 Å². The Kier molecular flexibility index (Phi) is 4.01. The van der Waals surface area contributed by atoms with Gasteiger partial charge in [0, 0.05) is 32.7 Å². The third kappa shape index (κ3) is 2.19. The van der Waals surface area contributed by atoms with Gasteiger partial charge in [-0.2, -0.15) is 0 Å². The first-order valence-corrected chi connectivity index (χ1v) is 5.60. The average Bonchev–Trinajstić information content (AvgIpc) is 2.36. The van der Waals surface area contributed by atoms with Crippen molar-refractivity contribution in [3.63, 3.8) is 0 Å². The summed E-state index contributed by atoms with van der Waals surface area (Å²) in [4.78, 5) is 0. The molecule has 2 heteroatoms. The summed E-state index contributed by atoms with van der Waals surface area (Å²) in [5.74, 6) is 0. The van der Waals surface area contributed by atoms with E-state index in [1.165, 1.54) is 27.0 Å². The SMILES string of the molecule is C[B]c1c2ccccc2cc2ccccc12.[Y]. The molecule has 0 amide bonds. The molecule has 3 aromatic rings. The van der Waals surface area contributed by atoms with Crippen molar-refractivity contribution in [2.45, 2.75) is 6.82 Å². The van der Waals surface area contributed by atoms with Crippen molar-refractivity contribution in [3.8, 4) is 0 Å². The van der Waals surface area contributed by atoms with Gasteiger partial charge in [-0.3, -0.25) is 0 Å². The Morgan fingerprint density at radius 1 is 0.765 bits per heavy atom. The van der Waals surface area contributed by atoms with Crippen LogP contribution in [0.15, 0.2) is 54.6 Å². The topological polar surface area (TPSA) is 0 Å². The second kappa shape index (κ2) is 5.33. The van der Waals surface area contributed by atoms with Gasteiger partial charge in [-0.1, -0.05) is 60.8 Å². The van der Waals surface area contributed by atoms with Gasteiger partial charge in [0.05, 0.1) is 0 Å². The van der Waals surface area contributed by atoms with Crippen LogP contribution in [-0.4, -0.2) is 7.28 Å². The first-order chi connectivity index (χ1) is 7.90. The maximum Gasteiger partial charge on any atom is 0.149 e. The van der Waals surface area contributed by atoms with E-state index in [9.17, 15) is 0 Å². The minimum Gasteiger partial charge on any atom is -0.0872 e. The molecule has 0 unspecified atom stereocenters. The van der Waals surface area contributed by atoms with Crippen LogP contribution in [0.3, 0.4) is 0 Å². The van der Waals surface area contributed by atoms with Gasteiger partial charge in [-0.25, -0.2) is 0 Å². The molecule has 0 spiro atoms. The van der Waals surface area contributed by atoms with Crippen LogP contribution < -0.4 is 5.46 Å². The molecule has 0 atom stereocenters. The maximum absolute atomic E-state index is 2.26. The smallest absolute Gasteiger partial charge is 0.0872 e. The summed E-state index contributed by atoms with van der Waals surface area (Å²) in [5, 5.41) is 5.30. The van der Waals surface area contributed by atoms with E-state index in [2.05, 4.69) is 68.7 Å². The summed E-state index contributed by atoms with van der Waals surface area (Å²) < 4.78 is 0. The molecule has 0 aromatic heterocycles. The third-order valence-corrected chi connectivity index (χ3v) is 3.10. The number of rotatable bonds is 1. The van der Waals surface area contributed by atoms with Crippen LogP contribution in [0.25, 0.3) is 21.5 Å².